The van der Waals surface area contributed by atoms with Crippen molar-refractivity contribution in [1.82, 2.24) is 15.1 Å². The second-order valence-electron chi connectivity index (χ2n) is 4.44. The zero-order valence-electron chi connectivity index (χ0n) is 9.62. The monoisotopic (exact) mass is 243 g/mol. The number of nitrogens with one attached hydrogen (secondary N) is 1. The number of alkyl halides is 2. The Balaban J connectivity index is 1.91. The molecule has 0 aromatic carbocycles. The number of hydrogen-bond donors (Lipinski definition) is 1. The van der Waals surface area contributed by atoms with E-state index in [1.165, 1.54) is 10.9 Å². The number of aryl methyl sites for hydroxylation is 1. The molecule has 1 amide bonds. The molecular weight excluding hydrogens is 228 g/mol. The van der Waals surface area contributed by atoms with E-state index in [0.29, 0.717) is 18.5 Å². The van der Waals surface area contributed by atoms with E-state index in [1.807, 2.05) is 0 Å². The largest absolute Gasteiger partial charge is 0.348 e. The molecule has 0 aliphatic heterocycles. The van der Waals surface area contributed by atoms with Gasteiger partial charge in [0.2, 0.25) is 5.92 Å². The van der Waals surface area contributed by atoms with E-state index < -0.39 is 5.92 Å². The molecule has 1 heterocycles. The summed E-state index contributed by atoms with van der Waals surface area (Å²) in [5, 5.41) is 6.66. The van der Waals surface area contributed by atoms with Crippen LogP contribution in [0.2, 0.25) is 0 Å². The molecule has 1 aromatic rings. The van der Waals surface area contributed by atoms with E-state index in [4.69, 9.17) is 0 Å². The molecule has 4 nitrogen and oxygen atoms in total. The molecule has 1 saturated carbocycles. The van der Waals surface area contributed by atoms with Crippen LogP contribution in [0.3, 0.4) is 0 Å². The minimum Gasteiger partial charge on any atom is -0.348 e. The van der Waals surface area contributed by atoms with Crippen molar-refractivity contribution in [2.24, 2.45) is 7.05 Å². The van der Waals surface area contributed by atoms with Crippen molar-refractivity contribution >= 4 is 5.91 Å². The summed E-state index contributed by atoms with van der Waals surface area (Å²) >= 11 is 0. The van der Waals surface area contributed by atoms with Gasteiger partial charge in [-0.1, -0.05) is 0 Å². The molecule has 1 aromatic heterocycles. The van der Waals surface area contributed by atoms with Gasteiger partial charge in [-0.15, -0.1) is 0 Å². The van der Waals surface area contributed by atoms with Gasteiger partial charge < -0.3 is 5.32 Å². The summed E-state index contributed by atoms with van der Waals surface area (Å²) in [5.74, 6) is -2.81. The standard InChI is InChI=1S/C11H15F2N3O/c1-16-9(4-7-14-16)10(17)15-8-2-5-11(12,13)6-3-8/h4,7-8H,2-3,5-6H2,1H3,(H,15,17). The summed E-state index contributed by atoms with van der Waals surface area (Å²) in [6.45, 7) is 0. The zero-order chi connectivity index (χ0) is 12.5. The smallest absolute Gasteiger partial charge is 0.269 e. The first-order chi connectivity index (χ1) is 7.98. The summed E-state index contributed by atoms with van der Waals surface area (Å²) in [6.07, 6.45) is 1.89. The molecule has 17 heavy (non-hydrogen) atoms. The van der Waals surface area contributed by atoms with Crippen LogP contribution in [0.25, 0.3) is 0 Å². The van der Waals surface area contributed by atoms with Gasteiger partial charge in [-0.3, -0.25) is 9.48 Å². The third-order valence-electron chi connectivity index (χ3n) is 3.11. The van der Waals surface area contributed by atoms with E-state index in [9.17, 15) is 13.6 Å². The van der Waals surface area contributed by atoms with Gasteiger partial charge >= 0.3 is 0 Å². The Labute approximate surface area is 98.0 Å². The highest BCUT2D eigenvalue weighted by Gasteiger charge is 2.35. The first-order valence-corrected chi connectivity index (χ1v) is 5.65. The molecule has 2 rings (SSSR count). The molecule has 6 heteroatoms. The number of nitrogens with zero attached hydrogens (tertiary/aromatic N) is 2. The van der Waals surface area contributed by atoms with Gasteiger partial charge in [0.05, 0.1) is 0 Å². The third-order valence-corrected chi connectivity index (χ3v) is 3.11. The summed E-state index contributed by atoms with van der Waals surface area (Å²) in [6, 6.07) is 1.45. The first kappa shape index (κ1) is 12.0. The van der Waals surface area contributed by atoms with Gasteiger partial charge in [-0.2, -0.15) is 5.10 Å². The predicted octanol–water partition coefficient (Wildman–Crippen LogP) is 1.73. The SMILES string of the molecule is Cn1nccc1C(=O)NC1CCC(F)(F)CC1. The molecule has 1 aliphatic rings. The second-order valence-corrected chi connectivity index (χ2v) is 4.44. The second kappa shape index (κ2) is 4.43. The van der Waals surface area contributed by atoms with Crippen molar-refractivity contribution in [3.8, 4) is 0 Å². The Morgan fingerprint density at radius 2 is 2.18 bits per heavy atom. The van der Waals surface area contributed by atoms with Crippen molar-refractivity contribution in [3.05, 3.63) is 18.0 Å². The summed E-state index contributed by atoms with van der Waals surface area (Å²) in [5.41, 5.74) is 0.447. The van der Waals surface area contributed by atoms with Crippen molar-refractivity contribution in [3.63, 3.8) is 0 Å². The topological polar surface area (TPSA) is 46.9 Å². The Kier molecular flexibility index (Phi) is 3.13. The van der Waals surface area contributed by atoms with E-state index in [1.54, 1.807) is 13.1 Å². The number of halogens is 2. The molecule has 0 atom stereocenters. The van der Waals surface area contributed by atoms with E-state index in [0.717, 1.165) is 0 Å². The van der Waals surface area contributed by atoms with Crippen LogP contribution in [0, 0.1) is 0 Å². The Hall–Kier alpha value is -1.46. The van der Waals surface area contributed by atoms with Gasteiger partial charge in [0.1, 0.15) is 5.69 Å². The van der Waals surface area contributed by atoms with E-state index in [-0.39, 0.29) is 24.8 Å². The van der Waals surface area contributed by atoms with Gasteiger partial charge in [0.15, 0.2) is 0 Å². The molecule has 0 saturated heterocycles. The number of hydrogen-bond acceptors (Lipinski definition) is 2. The minimum absolute atomic E-state index is 0.149. The van der Waals surface area contributed by atoms with E-state index in [2.05, 4.69) is 10.4 Å². The Morgan fingerprint density at radius 3 is 2.71 bits per heavy atom. The fourth-order valence-corrected chi connectivity index (χ4v) is 2.04. The maximum atomic E-state index is 12.9. The maximum absolute atomic E-state index is 12.9. The fourth-order valence-electron chi connectivity index (χ4n) is 2.04. The lowest BCUT2D eigenvalue weighted by Gasteiger charge is -2.28. The number of aromatic nitrogens is 2. The van der Waals surface area contributed by atoms with Crippen molar-refractivity contribution in [2.45, 2.75) is 37.6 Å². The van der Waals surface area contributed by atoms with Gasteiger partial charge in [0, 0.05) is 32.1 Å². The van der Waals surface area contributed by atoms with Crippen LogP contribution in [0.1, 0.15) is 36.2 Å². The van der Waals surface area contributed by atoms with Gasteiger partial charge in [-0.05, 0) is 18.9 Å². The lowest BCUT2D eigenvalue weighted by Crippen LogP contribution is -2.40. The molecule has 94 valence electrons. The lowest BCUT2D eigenvalue weighted by atomic mass is 9.92. The average Bonchev–Trinajstić information content (AvgIpc) is 2.68. The van der Waals surface area contributed by atoms with Crippen molar-refractivity contribution < 1.29 is 13.6 Å². The first-order valence-electron chi connectivity index (χ1n) is 5.65. The number of carbonyl (C=O) groups is 1. The van der Waals surface area contributed by atoms with Crippen molar-refractivity contribution in [2.75, 3.05) is 0 Å². The molecule has 0 spiro atoms. The highest BCUT2D eigenvalue weighted by atomic mass is 19.3. The average molecular weight is 243 g/mol. The van der Waals surface area contributed by atoms with Crippen LogP contribution in [0.15, 0.2) is 12.3 Å². The molecule has 0 bridgehead atoms. The number of carbonyl (C=O) groups excluding carboxylic acids is 1. The zero-order valence-corrected chi connectivity index (χ0v) is 9.62. The quantitative estimate of drug-likeness (QED) is 0.859. The van der Waals surface area contributed by atoms with Gasteiger partial charge in [-0.25, -0.2) is 8.78 Å². The molecule has 1 aliphatic carbocycles. The van der Waals surface area contributed by atoms with Crippen LogP contribution in [0.4, 0.5) is 8.78 Å². The third kappa shape index (κ3) is 2.81. The molecule has 0 unspecified atom stereocenters. The van der Waals surface area contributed by atoms with Crippen LogP contribution < -0.4 is 5.32 Å². The molecular formula is C11H15F2N3O. The van der Waals surface area contributed by atoms with E-state index >= 15 is 0 Å². The van der Waals surface area contributed by atoms with Crippen LogP contribution in [-0.4, -0.2) is 27.7 Å². The van der Waals surface area contributed by atoms with Crippen LogP contribution in [0.5, 0.6) is 0 Å². The number of rotatable bonds is 2. The van der Waals surface area contributed by atoms with Crippen molar-refractivity contribution in [1.29, 1.82) is 0 Å². The van der Waals surface area contributed by atoms with Crippen LogP contribution >= 0.6 is 0 Å². The maximum Gasteiger partial charge on any atom is 0.269 e. The molecule has 0 radical (unpaired) electrons. The highest BCUT2D eigenvalue weighted by molar-refractivity contribution is 5.92. The molecule has 1 N–H and O–H groups in total. The Bertz CT molecular complexity index is 407. The summed E-state index contributed by atoms with van der Waals surface area (Å²) < 4.78 is 27.3. The molecule has 1 fully saturated rings. The van der Waals surface area contributed by atoms with Gasteiger partial charge in [0.25, 0.3) is 5.91 Å². The summed E-state index contributed by atoms with van der Waals surface area (Å²) in [4.78, 5) is 11.8. The minimum atomic E-state index is -2.56. The van der Waals surface area contributed by atoms with Crippen LogP contribution in [-0.2, 0) is 7.05 Å². The number of amides is 1. The lowest BCUT2D eigenvalue weighted by molar-refractivity contribution is -0.0399. The normalized spacial score (nSPS) is 20.2. The predicted molar refractivity (Wildman–Crippen MR) is 57.9 cm³/mol. The Morgan fingerprint density at radius 1 is 1.53 bits per heavy atom. The summed E-state index contributed by atoms with van der Waals surface area (Å²) in [7, 11) is 1.67. The fraction of sp³-hybridized carbons (Fsp3) is 0.636. The highest BCUT2D eigenvalue weighted by Crippen LogP contribution is 2.33.